The Morgan fingerprint density at radius 3 is 1.82 bits per heavy atom. The van der Waals surface area contributed by atoms with Gasteiger partial charge >= 0.3 is 6.09 Å². The molecule has 0 radical (unpaired) electrons. The summed E-state index contributed by atoms with van der Waals surface area (Å²) >= 11 is 0. The molecule has 0 aliphatic rings. The van der Waals surface area contributed by atoms with Crippen LogP contribution in [-0.2, 0) is 19.1 Å². The third kappa shape index (κ3) is 15.4. The first-order valence-electron chi connectivity index (χ1n) is 14.7. The zero-order valence-corrected chi connectivity index (χ0v) is 26.1. The molecule has 0 heterocycles. The Bertz CT molecular complexity index is 785. The number of hydrogen-bond acceptors (Lipinski definition) is 7. The summed E-state index contributed by atoms with van der Waals surface area (Å²) in [7, 11) is 0. The summed E-state index contributed by atoms with van der Waals surface area (Å²) in [6, 6.07) is -2.53. The Balaban J connectivity index is 5.66. The number of unbranched alkanes of at least 4 members (excludes halogenated alkanes) is 1. The lowest BCUT2D eigenvalue weighted by Gasteiger charge is -2.32. The lowest BCUT2D eigenvalue weighted by Crippen LogP contribution is -2.59. The van der Waals surface area contributed by atoms with E-state index in [-0.39, 0.29) is 36.7 Å². The van der Waals surface area contributed by atoms with Crippen molar-refractivity contribution in [3.05, 3.63) is 0 Å². The summed E-state index contributed by atoms with van der Waals surface area (Å²) in [6.07, 6.45) is 0.808. The summed E-state index contributed by atoms with van der Waals surface area (Å²) in [4.78, 5) is 51.7. The topological polar surface area (TPSA) is 166 Å². The third-order valence-electron chi connectivity index (χ3n) is 6.78. The minimum atomic E-state index is -1.13. The summed E-state index contributed by atoms with van der Waals surface area (Å²) in [5.74, 6) is -1.64. The molecule has 0 aromatic carbocycles. The maximum absolute atomic E-state index is 13.5. The van der Waals surface area contributed by atoms with Gasteiger partial charge in [0.2, 0.25) is 17.7 Å². The molecule has 40 heavy (non-hydrogen) atoms. The Morgan fingerprint density at radius 1 is 0.825 bits per heavy atom. The smallest absolute Gasteiger partial charge is 0.408 e. The molecular formula is C29H56N4O7. The number of alkyl carbamates (subject to hydrolysis) is 1. The van der Waals surface area contributed by atoms with E-state index in [0.717, 1.165) is 0 Å². The van der Waals surface area contributed by atoms with Crippen molar-refractivity contribution in [2.75, 3.05) is 13.2 Å². The van der Waals surface area contributed by atoms with Gasteiger partial charge in [0, 0.05) is 13.2 Å². The van der Waals surface area contributed by atoms with Gasteiger partial charge in [-0.2, -0.15) is 0 Å². The van der Waals surface area contributed by atoms with Crippen LogP contribution in [0.1, 0.15) is 101 Å². The second kappa shape index (κ2) is 18.9. The van der Waals surface area contributed by atoms with E-state index in [4.69, 9.17) is 9.84 Å². The monoisotopic (exact) mass is 572 g/mol. The highest BCUT2D eigenvalue weighted by Crippen LogP contribution is 2.16. The number of aliphatic hydroxyl groups is 2. The lowest BCUT2D eigenvalue weighted by molar-refractivity contribution is -0.133. The van der Waals surface area contributed by atoms with Gasteiger partial charge < -0.3 is 36.2 Å². The highest BCUT2D eigenvalue weighted by atomic mass is 16.6. The number of carbonyl (C=O) groups excluding carboxylic acids is 4. The SMILES string of the molecule is CC[C@H](C)[C@H](NC(=O)OC(C)(C)C)C(=O)N[C@H](C(=O)N[C@@H](CC(C)C)[C@@H](O)CC(=O)NCCCCO)[C@@H](C)CC. The van der Waals surface area contributed by atoms with E-state index in [0.29, 0.717) is 38.6 Å². The number of carbonyl (C=O) groups is 4. The minimum absolute atomic E-state index is 0.0457. The number of rotatable bonds is 18. The molecule has 11 nitrogen and oxygen atoms in total. The Morgan fingerprint density at radius 2 is 1.35 bits per heavy atom. The van der Waals surface area contributed by atoms with Gasteiger partial charge in [-0.3, -0.25) is 14.4 Å². The van der Waals surface area contributed by atoms with Crippen LogP contribution < -0.4 is 21.3 Å². The van der Waals surface area contributed by atoms with Crippen LogP contribution in [-0.4, -0.2) is 77.0 Å². The van der Waals surface area contributed by atoms with Gasteiger partial charge in [-0.05, 0) is 57.8 Å². The maximum atomic E-state index is 13.5. The second-order valence-corrected chi connectivity index (χ2v) is 12.2. The Hall–Kier alpha value is -2.40. The molecule has 11 heteroatoms. The minimum Gasteiger partial charge on any atom is -0.444 e. The van der Waals surface area contributed by atoms with Crippen molar-refractivity contribution in [3.8, 4) is 0 Å². The first kappa shape index (κ1) is 37.6. The molecule has 0 rings (SSSR count). The van der Waals surface area contributed by atoms with E-state index in [2.05, 4.69) is 21.3 Å². The van der Waals surface area contributed by atoms with Crippen molar-refractivity contribution in [2.24, 2.45) is 17.8 Å². The molecule has 0 aliphatic carbocycles. The lowest BCUT2D eigenvalue weighted by atomic mass is 9.93. The van der Waals surface area contributed by atoms with Crippen molar-refractivity contribution in [3.63, 3.8) is 0 Å². The molecule has 0 bridgehead atoms. The van der Waals surface area contributed by atoms with Crippen LogP contribution in [0, 0.1) is 17.8 Å². The molecule has 234 valence electrons. The molecule has 0 unspecified atom stereocenters. The van der Waals surface area contributed by atoms with Crippen LogP contribution in [0.4, 0.5) is 4.79 Å². The quantitative estimate of drug-likeness (QED) is 0.137. The number of aliphatic hydroxyl groups excluding tert-OH is 2. The summed E-state index contributed by atoms with van der Waals surface area (Å²) in [5, 5.41) is 30.8. The Kier molecular flexibility index (Phi) is 17.7. The molecule has 0 saturated heterocycles. The van der Waals surface area contributed by atoms with Crippen LogP contribution in [0.2, 0.25) is 0 Å². The normalized spacial score (nSPS) is 16.2. The fourth-order valence-corrected chi connectivity index (χ4v) is 4.04. The molecule has 0 spiro atoms. The van der Waals surface area contributed by atoms with Crippen LogP contribution in [0.15, 0.2) is 0 Å². The van der Waals surface area contributed by atoms with Crippen molar-refractivity contribution >= 4 is 23.8 Å². The average Bonchev–Trinajstić information content (AvgIpc) is 2.85. The van der Waals surface area contributed by atoms with E-state index >= 15 is 0 Å². The van der Waals surface area contributed by atoms with Crippen molar-refractivity contribution in [1.29, 1.82) is 0 Å². The van der Waals surface area contributed by atoms with Crippen LogP contribution in [0.25, 0.3) is 0 Å². The van der Waals surface area contributed by atoms with E-state index in [1.54, 1.807) is 20.8 Å². The fraction of sp³-hybridized carbons (Fsp3) is 0.862. The molecule has 6 atom stereocenters. The highest BCUT2D eigenvalue weighted by molar-refractivity contribution is 5.91. The van der Waals surface area contributed by atoms with Gasteiger partial charge in [0.05, 0.1) is 18.6 Å². The zero-order chi connectivity index (χ0) is 31.0. The molecule has 6 N–H and O–H groups in total. The van der Waals surface area contributed by atoms with Gasteiger partial charge in [0.1, 0.15) is 17.7 Å². The molecule has 0 aliphatic heterocycles. The van der Waals surface area contributed by atoms with Crippen molar-refractivity contribution in [1.82, 2.24) is 21.3 Å². The zero-order valence-electron chi connectivity index (χ0n) is 26.1. The molecule has 0 fully saturated rings. The second-order valence-electron chi connectivity index (χ2n) is 12.2. The maximum Gasteiger partial charge on any atom is 0.408 e. The highest BCUT2D eigenvalue weighted by Gasteiger charge is 2.35. The third-order valence-corrected chi connectivity index (χ3v) is 6.78. The molecule has 0 aromatic heterocycles. The predicted octanol–water partition coefficient (Wildman–Crippen LogP) is 2.63. The molecule has 0 saturated carbocycles. The summed E-state index contributed by atoms with van der Waals surface area (Å²) in [6.45, 7) is 17.0. The number of ether oxygens (including phenoxy) is 1. The predicted molar refractivity (Wildman–Crippen MR) is 155 cm³/mol. The van der Waals surface area contributed by atoms with E-state index < -0.39 is 47.7 Å². The van der Waals surface area contributed by atoms with Gasteiger partial charge in [0.15, 0.2) is 0 Å². The fourth-order valence-electron chi connectivity index (χ4n) is 4.04. The van der Waals surface area contributed by atoms with Crippen molar-refractivity contribution < 1.29 is 34.1 Å². The van der Waals surface area contributed by atoms with E-state index in [1.165, 1.54) is 0 Å². The summed E-state index contributed by atoms with van der Waals surface area (Å²) < 4.78 is 5.34. The average molecular weight is 573 g/mol. The number of nitrogens with one attached hydrogen (secondary N) is 4. The molecular weight excluding hydrogens is 516 g/mol. The van der Waals surface area contributed by atoms with Gasteiger partial charge in [0.25, 0.3) is 0 Å². The standard InChI is InChI=1S/C29H56N4O7/c1-10-19(5)24(32-27(38)25(20(6)11-2)33-28(39)40-29(7,8)9)26(37)31-21(16-18(3)4)22(35)17-23(36)30-14-12-13-15-34/h18-22,24-25,34-35H,10-17H2,1-9H3,(H,30,36)(H,31,37)(H,32,38)(H,33,39)/t19-,20-,21-,22-,24-,25-/m0/s1. The van der Waals surface area contributed by atoms with Crippen LogP contribution in [0.3, 0.4) is 0 Å². The molecule has 0 aromatic rings. The molecule has 4 amide bonds. The van der Waals surface area contributed by atoms with E-state index in [1.807, 2.05) is 41.5 Å². The van der Waals surface area contributed by atoms with Gasteiger partial charge in [-0.25, -0.2) is 4.79 Å². The first-order chi connectivity index (χ1) is 18.6. The van der Waals surface area contributed by atoms with Crippen LogP contribution in [0.5, 0.6) is 0 Å². The largest absolute Gasteiger partial charge is 0.444 e. The number of amides is 4. The first-order valence-corrected chi connectivity index (χ1v) is 14.7. The van der Waals surface area contributed by atoms with Crippen LogP contribution >= 0.6 is 0 Å². The number of hydrogen-bond donors (Lipinski definition) is 6. The van der Waals surface area contributed by atoms with E-state index in [9.17, 15) is 24.3 Å². The van der Waals surface area contributed by atoms with Gasteiger partial charge in [-0.1, -0.05) is 54.4 Å². The Labute approximate surface area is 241 Å². The summed E-state index contributed by atoms with van der Waals surface area (Å²) in [5.41, 5.74) is -0.734. The van der Waals surface area contributed by atoms with Gasteiger partial charge in [-0.15, -0.1) is 0 Å². The van der Waals surface area contributed by atoms with Crippen molar-refractivity contribution in [2.45, 2.75) is 131 Å².